The maximum atomic E-state index is 11.5. The van der Waals surface area contributed by atoms with E-state index in [9.17, 15) is 8.42 Å². The normalized spacial score (nSPS) is 18.2. The first-order valence-corrected chi connectivity index (χ1v) is 11.8. The summed E-state index contributed by atoms with van der Waals surface area (Å²) in [5.41, 5.74) is 1.13. The van der Waals surface area contributed by atoms with Gasteiger partial charge in [0.1, 0.15) is 12.4 Å². The van der Waals surface area contributed by atoms with E-state index in [2.05, 4.69) is 10.2 Å². The van der Waals surface area contributed by atoms with Gasteiger partial charge in [0, 0.05) is 42.5 Å². The molecule has 3 rings (SSSR count). The van der Waals surface area contributed by atoms with Crippen LogP contribution in [-0.4, -0.2) is 58.4 Å². The lowest BCUT2D eigenvalue weighted by Crippen LogP contribution is -2.53. The van der Waals surface area contributed by atoms with Gasteiger partial charge in [0.2, 0.25) is 0 Å². The van der Waals surface area contributed by atoms with Crippen LogP contribution in [0, 0.1) is 0 Å². The Morgan fingerprint density at radius 1 is 1.14 bits per heavy atom. The Labute approximate surface area is 176 Å². The summed E-state index contributed by atoms with van der Waals surface area (Å²) in [6, 6.07) is 12.4. The second kappa shape index (κ2) is 9.46. The third-order valence-corrected chi connectivity index (χ3v) is 6.25. The molecular weight excluding hydrogens is 419 g/mol. The van der Waals surface area contributed by atoms with Crippen LogP contribution >= 0.6 is 23.2 Å². The molecule has 1 aliphatic heterocycles. The molecule has 0 aliphatic carbocycles. The van der Waals surface area contributed by atoms with E-state index in [0.29, 0.717) is 27.3 Å². The van der Waals surface area contributed by atoms with Crippen molar-refractivity contribution < 1.29 is 13.2 Å². The minimum atomic E-state index is -3.19. The van der Waals surface area contributed by atoms with Gasteiger partial charge in [-0.2, -0.15) is 0 Å². The highest BCUT2D eigenvalue weighted by Crippen LogP contribution is 2.20. The number of hydrogen-bond donors (Lipinski definition) is 1. The summed E-state index contributed by atoms with van der Waals surface area (Å²) in [5, 5.41) is 4.79. The predicted molar refractivity (Wildman–Crippen MR) is 113 cm³/mol. The number of nitrogens with zero attached hydrogens (tertiary/aromatic N) is 1. The quantitative estimate of drug-likeness (QED) is 0.712. The second-order valence-corrected chi connectivity index (χ2v) is 9.92. The molecule has 1 heterocycles. The summed E-state index contributed by atoms with van der Waals surface area (Å²) in [5.74, 6) is 0.667. The van der Waals surface area contributed by atoms with Crippen LogP contribution in [0.3, 0.4) is 0 Å². The lowest BCUT2D eigenvalue weighted by atomic mass is 10.1. The SMILES string of the molecule is CS(=O)(=O)c1ccc(OCC2CN(CCc3cc(Cl)cc(Cl)c3)CCN2)cc1. The summed E-state index contributed by atoms with van der Waals surface area (Å²) >= 11 is 12.1. The van der Waals surface area contributed by atoms with Crippen LogP contribution in [0.2, 0.25) is 10.0 Å². The third kappa shape index (κ3) is 6.36. The van der Waals surface area contributed by atoms with E-state index in [1.165, 1.54) is 6.26 Å². The smallest absolute Gasteiger partial charge is 0.175 e. The molecule has 0 spiro atoms. The van der Waals surface area contributed by atoms with Crippen molar-refractivity contribution in [3.05, 3.63) is 58.1 Å². The first-order valence-electron chi connectivity index (χ1n) is 9.13. The monoisotopic (exact) mass is 442 g/mol. The highest BCUT2D eigenvalue weighted by molar-refractivity contribution is 7.90. The van der Waals surface area contributed by atoms with Crippen molar-refractivity contribution in [2.24, 2.45) is 0 Å². The van der Waals surface area contributed by atoms with Crippen molar-refractivity contribution in [1.82, 2.24) is 10.2 Å². The lowest BCUT2D eigenvalue weighted by molar-refractivity contribution is 0.159. The molecule has 5 nitrogen and oxygen atoms in total. The van der Waals surface area contributed by atoms with Gasteiger partial charge in [-0.15, -0.1) is 0 Å². The van der Waals surface area contributed by atoms with Crippen molar-refractivity contribution in [3.63, 3.8) is 0 Å². The number of benzene rings is 2. The zero-order valence-corrected chi connectivity index (χ0v) is 18.0. The average Bonchev–Trinajstić information content (AvgIpc) is 2.64. The largest absolute Gasteiger partial charge is 0.492 e. The Kier molecular flexibility index (Phi) is 7.23. The first-order chi connectivity index (χ1) is 13.3. The molecule has 152 valence electrons. The molecule has 2 aromatic rings. The fourth-order valence-corrected chi connectivity index (χ4v) is 4.43. The molecule has 1 N–H and O–H groups in total. The van der Waals surface area contributed by atoms with Crippen molar-refractivity contribution in [1.29, 1.82) is 0 Å². The molecule has 2 aromatic carbocycles. The number of rotatable bonds is 7. The fraction of sp³-hybridized carbons (Fsp3) is 0.400. The van der Waals surface area contributed by atoms with Crippen LogP contribution in [0.5, 0.6) is 5.75 Å². The van der Waals surface area contributed by atoms with Gasteiger partial charge in [0.05, 0.1) is 10.9 Å². The summed E-state index contributed by atoms with van der Waals surface area (Å²) in [6.45, 7) is 4.22. The molecule has 0 bridgehead atoms. The van der Waals surface area contributed by atoms with E-state index in [1.807, 2.05) is 12.1 Å². The summed E-state index contributed by atoms with van der Waals surface area (Å²) in [4.78, 5) is 2.69. The molecule has 0 radical (unpaired) electrons. The van der Waals surface area contributed by atoms with Crippen molar-refractivity contribution in [2.75, 3.05) is 39.0 Å². The second-order valence-electron chi connectivity index (χ2n) is 7.03. The highest BCUT2D eigenvalue weighted by Gasteiger charge is 2.20. The minimum Gasteiger partial charge on any atom is -0.492 e. The molecule has 1 fully saturated rings. The summed E-state index contributed by atoms with van der Waals surface area (Å²) in [6.07, 6.45) is 2.08. The summed E-state index contributed by atoms with van der Waals surface area (Å²) in [7, 11) is -3.19. The number of nitrogens with one attached hydrogen (secondary N) is 1. The highest BCUT2D eigenvalue weighted by atomic mass is 35.5. The first kappa shape index (κ1) is 21.4. The zero-order chi connectivity index (χ0) is 20.1. The molecule has 1 saturated heterocycles. The molecule has 1 unspecified atom stereocenters. The van der Waals surface area contributed by atoms with Crippen LogP contribution in [-0.2, 0) is 16.3 Å². The molecule has 0 aromatic heterocycles. The molecule has 0 amide bonds. The van der Waals surface area contributed by atoms with Gasteiger partial charge in [0.25, 0.3) is 0 Å². The third-order valence-electron chi connectivity index (χ3n) is 4.68. The van der Waals surface area contributed by atoms with Crippen molar-refractivity contribution >= 4 is 33.0 Å². The Morgan fingerprint density at radius 2 is 1.82 bits per heavy atom. The summed E-state index contributed by atoms with van der Waals surface area (Å²) < 4.78 is 28.9. The van der Waals surface area contributed by atoms with E-state index in [-0.39, 0.29) is 6.04 Å². The van der Waals surface area contributed by atoms with Crippen LogP contribution in [0.15, 0.2) is 47.4 Å². The Morgan fingerprint density at radius 3 is 2.46 bits per heavy atom. The number of ether oxygens (including phenoxy) is 1. The number of hydrogen-bond acceptors (Lipinski definition) is 5. The Balaban J connectivity index is 1.48. The van der Waals surface area contributed by atoms with E-state index in [0.717, 1.165) is 38.2 Å². The van der Waals surface area contributed by atoms with Gasteiger partial charge in [0.15, 0.2) is 9.84 Å². The van der Waals surface area contributed by atoms with Gasteiger partial charge < -0.3 is 15.0 Å². The van der Waals surface area contributed by atoms with Crippen LogP contribution in [0.1, 0.15) is 5.56 Å². The van der Waals surface area contributed by atoms with Crippen molar-refractivity contribution in [3.8, 4) is 5.75 Å². The van der Waals surface area contributed by atoms with Crippen molar-refractivity contribution in [2.45, 2.75) is 17.4 Å². The molecule has 1 aliphatic rings. The van der Waals surface area contributed by atoms with Gasteiger partial charge >= 0.3 is 0 Å². The van der Waals surface area contributed by atoms with Gasteiger partial charge in [-0.05, 0) is 54.4 Å². The average molecular weight is 443 g/mol. The van der Waals surface area contributed by atoms with Crippen LogP contribution in [0.25, 0.3) is 0 Å². The molecule has 0 saturated carbocycles. The van der Waals surface area contributed by atoms with E-state index < -0.39 is 9.84 Å². The Hall–Kier alpha value is -1.31. The van der Waals surface area contributed by atoms with E-state index in [4.69, 9.17) is 27.9 Å². The van der Waals surface area contributed by atoms with Gasteiger partial charge in [-0.25, -0.2) is 8.42 Å². The van der Waals surface area contributed by atoms with Gasteiger partial charge in [-0.3, -0.25) is 0 Å². The van der Waals surface area contributed by atoms with E-state index >= 15 is 0 Å². The molecular formula is C20H24Cl2N2O3S. The van der Waals surface area contributed by atoms with Crippen LogP contribution in [0.4, 0.5) is 0 Å². The maximum Gasteiger partial charge on any atom is 0.175 e. The van der Waals surface area contributed by atoms with Gasteiger partial charge in [-0.1, -0.05) is 23.2 Å². The van der Waals surface area contributed by atoms with Crippen LogP contribution < -0.4 is 10.1 Å². The number of halogens is 2. The molecule has 8 heteroatoms. The zero-order valence-electron chi connectivity index (χ0n) is 15.7. The topological polar surface area (TPSA) is 58.6 Å². The Bertz CT molecular complexity index is 884. The number of sulfone groups is 1. The lowest BCUT2D eigenvalue weighted by Gasteiger charge is -2.33. The predicted octanol–water partition coefficient (Wildman–Crippen LogP) is 3.29. The standard InChI is InChI=1S/C20H24Cl2N2O3S/c1-28(25,26)20-4-2-19(3-5-20)27-14-18-13-24(9-7-23-18)8-6-15-10-16(21)12-17(22)11-15/h2-5,10-12,18,23H,6-9,13-14H2,1H3. The fourth-order valence-electron chi connectivity index (χ4n) is 3.23. The molecule has 1 atom stereocenters. The van der Waals surface area contributed by atoms with E-state index in [1.54, 1.807) is 30.3 Å². The molecule has 28 heavy (non-hydrogen) atoms. The maximum absolute atomic E-state index is 11.5. The minimum absolute atomic E-state index is 0.214. The number of piperazine rings is 1.